The first-order valence-corrected chi connectivity index (χ1v) is 6.76. The zero-order valence-electron chi connectivity index (χ0n) is 11.3. The number of rotatable bonds is 5. The number of H-pyrrole nitrogens is 1. The molecule has 0 atom stereocenters. The molecule has 0 aliphatic heterocycles. The normalized spacial score (nSPS) is 10.5. The Morgan fingerprint density at radius 2 is 2.29 bits per heavy atom. The van der Waals surface area contributed by atoms with Gasteiger partial charge in [-0.2, -0.15) is 0 Å². The summed E-state index contributed by atoms with van der Waals surface area (Å²) in [6, 6.07) is 4.71. The molecule has 1 heterocycles. The molecule has 0 aliphatic carbocycles. The van der Waals surface area contributed by atoms with Crippen molar-refractivity contribution >= 4 is 29.0 Å². The van der Waals surface area contributed by atoms with Crippen LogP contribution in [0.4, 0.5) is 0 Å². The Balaban J connectivity index is 2.53. The largest absolute Gasteiger partial charge is 0.395 e. The lowest BCUT2D eigenvalue weighted by Gasteiger charge is -2.07. The summed E-state index contributed by atoms with van der Waals surface area (Å²) >= 11 is 5.14. The van der Waals surface area contributed by atoms with Crippen molar-refractivity contribution in [2.75, 3.05) is 13.2 Å². The van der Waals surface area contributed by atoms with Gasteiger partial charge in [0.25, 0.3) is 11.5 Å². The SMILES string of the molecule is C=CCn1c(=S)[nH]c2cc(C(=O)NCCO)ccc2c1=O. The summed E-state index contributed by atoms with van der Waals surface area (Å²) in [5.74, 6) is -0.319. The van der Waals surface area contributed by atoms with E-state index in [1.54, 1.807) is 24.3 Å². The summed E-state index contributed by atoms with van der Waals surface area (Å²) in [6.45, 7) is 3.96. The number of nitrogens with one attached hydrogen (secondary N) is 2. The molecule has 0 radical (unpaired) electrons. The van der Waals surface area contributed by atoms with E-state index >= 15 is 0 Å². The van der Waals surface area contributed by atoms with Gasteiger partial charge in [-0.05, 0) is 30.4 Å². The van der Waals surface area contributed by atoms with Gasteiger partial charge in [-0.1, -0.05) is 6.08 Å². The van der Waals surface area contributed by atoms with Crippen LogP contribution < -0.4 is 10.9 Å². The third-order valence-electron chi connectivity index (χ3n) is 2.95. The lowest BCUT2D eigenvalue weighted by atomic mass is 10.1. The number of allylic oxidation sites excluding steroid dienone is 1. The van der Waals surface area contributed by atoms with Gasteiger partial charge in [0, 0.05) is 18.7 Å². The van der Waals surface area contributed by atoms with E-state index in [4.69, 9.17) is 17.3 Å². The van der Waals surface area contributed by atoms with Crippen LogP contribution >= 0.6 is 12.2 Å². The molecule has 7 heteroatoms. The number of aliphatic hydroxyl groups excluding tert-OH is 1. The van der Waals surface area contributed by atoms with Gasteiger partial charge < -0.3 is 15.4 Å². The fourth-order valence-corrected chi connectivity index (χ4v) is 2.23. The summed E-state index contributed by atoms with van der Waals surface area (Å²) < 4.78 is 1.68. The number of amides is 1. The van der Waals surface area contributed by atoms with E-state index in [1.165, 1.54) is 4.57 Å². The van der Waals surface area contributed by atoms with E-state index in [0.29, 0.717) is 23.0 Å². The maximum Gasteiger partial charge on any atom is 0.262 e. The second-order valence-corrected chi connectivity index (χ2v) is 4.76. The molecule has 1 aromatic carbocycles. The molecule has 21 heavy (non-hydrogen) atoms. The highest BCUT2D eigenvalue weighted by molar-refractivity contribution is 7.71. The average molecular weight is 305 g/mol. The molecule has 3 N–H and O–H groups in total. The predicted molar refractivity (Wildman–Crippen MR) is 83.0 cm³/mol. The number of nitrogens with zero attached hydrogens (tertiary/aromatic N) is 1. The minimum atomic E-state index is -0.319. The average Bonchev–Trinajstić information content (AvgIpc) is 2.48. The summed E-state index contributed by atoms with van der Waals surface area (Å²) in [4.78, 5) is 27.1. The molecular formula is C14H15N3O3S. The molecular weight excluding hydrogens is 290 g/mol. The second kappa shape index (κ2) is 6.47. The van der Waals surface area contributed by atoms with Crippen molar-refractivity contribution in [3.63, 3.8) is 0 Å². The van der Waals surface area contributed by atoms with Crippen molar-refractivity contribution in [1.29, 1.82) is 0 Å². The number of fused-ring (bicyclic) bond motifs is 1. The van der Waals surface area contributed by atoms with Crippen molar-refractivity contribution in [3.05, 3.63) is 51.5 Å². The number of hydrogen-bond donors (Lipinski definition) is 3. The third kappa shape index (κ3) is 3.09. The molecule has 1 aromatic heterocycles. The third-order valence-corrected chi connectivity index (χ3v) is 3.28. The molecule has 2 rings (SSSR count). The van der Waals surface area contributed by atoms with Gasteiger partial charge in [0.1, 0.15) is 0 Å². The number of hydrogen-bond acceptors (Lipinski definition) is 4. The van der Waals surface area contributed by atoms with Gasteiger partial charge in [0.15, 0.2) is 4.77 Å². The van der Waals surface area contributed by atoms with Gasteiger partial charge in [0.2, 0.25) is 0 Å². The topological polar surface area (TPSA) is 87.1 Å². The van der Waals surface area contributed by atoms with Gasteiger partial charge in [0.05, 0.1) is 17.5 Å². The zero-order valence-corrected chi connectivity index (χ0v) is 12.1. The van der Waals surface area contributed by atoms with E-state index < -0.39 is 0 Å². The Morgan fingerprint density at radius 3 is 2.95 bits per heavy atom. The monoisotopic (exact) mass is 305 g/mol. The second-order valence-electron chi connectivity index (χ2n) is 4.37. The number of aromatic nitrogens is 2. The summed E-state index contributed by atoms with van der Waals surface area (Å²) in [5, 5.41) is 11.7. The maximum absolute atomic E-state index is 12.3. The minimum Gasteiger partial charge on any atom is -0.395 e. The van der Waals surface area contributed by atoms with Crippen LogP contribution in [-0.2, 0) is 6.54 Å². The van der Waals surface area contributed by atoms with Gasteiger partial charge >= 0.3 is 0 Å². The molecule has 0 bridgehead atoms. The Kier molecular flexibility index (Phi) is 4.66. The molecule has 1 amide bonds. The molecule has 110 valence electrons. The van der Waals surface area contributed by atoms with Gasteiger partial charge in [-0.15, -0.1) is 6.58 Å². The number of carbonyl (C=O) groups is 1. The molecule has 2 aromatic rings. The molecule has 0 aliphatic rings. The van der Waals surface area contributed by atoms with Crippen LogP contribution in [0.3, 0.4) is 0 Å². The fraction of sp³-hybridized carbons (Fsp3) is 0.214. The van der Waals surface area contributed by atoms with Crippen molar-refractivity contribution in [2.24, 2.45) is 0 Å². The first kappa shape index (κ1) is 15.1. The van der Waals surface area contributed by atoms with Crippen LogP contribution in [0.1, 0.15) is 10.4 Å². The number of carbonyl (C=O) groups excluding carboxylic acids is 1. The van der Waals surface area contributed by atoms with Gasteiger partial charge in [-0.3, -0.25) is 14.2 Å². The Morgan fingerprint density at radius 1 is 1.52 bits per heavy atom. The van der Waals surface area contributed by atoms with E-state index in [-0.39, 0.29) is 29.4 Å². The fourth-order valence-electron chi connectivity index (χ4n) is 1.96. The van der Waals surface area contributed by atoms with Crippen LogP contribution in [0.25, 0.3) is 10.9 Å². The lowest BCUT2D eigenvalue weighted by Crippen LogP contribution is -2.26. The Bertz CT molecular complexity index is 807. The van der Waals surface area contributed by atoms with Crippen LogP contribution in [-0.4, -0.2) is 33.7 Å². The molecule has 0 saturated heterocycles. The van der Waals surface area contributed by atoms with Gasteiger partial charge in [-0.25, -0.2) is 0 Å². The van der Waals surface area contributed by atoms with Crippen LogP contribution in [0.5, 0.6) is 0 Å². The summed E-state index contributed by atoms with van der Waals surface area (Å²) in [5.41, 5.74) is 0.667. The number of aliphatic hydroxyl groups is 1. The quantitative estimate of drug-likeness (QED) is 0.567. The molecule has 6 nitrogen and oxygen atoms in total. The highest BCUT2D eigenvalue weighted by atomic mass is 32.1. The smallest absolute Gasteiger partial charge is 0.262 e. The first-order valence-electron chi connectivity index (χ1n) is 6.35. The first-order chi connectivity index (χ1) is 10.1. The Labute approximate surface area is 125 Å². The maximum atomic E-state index is 12.3. The van der Waals surface area contributed by atoms with Crippen molar-refractivity contribution < 1.29 is 9.90 Å². The molecule has 0 saturated carbocycles. The highest BCUT2D eigenvalue weighted by Crippen LogP contribution is 2.10. The Hall–Kier alpha value is -2.25. The summed E-state index contributed by atoms with van der Waals surface area (Å²) in [7, 11) is 0. The molecule has 0 unspecified atom stereocenters. The van der Waals surface area contributed by atoms with E-state index in [0.717, 1.165) is 0 Å². The number of aromatic amines is 1. The van der Waals surface area contributed by atoms with Crippen LogP contribution in [0, 0.1) is 4.77 Å². The molecule has 0 fully saturated rings. The highest BCUT2D eigenvalue weighted by Gasteiger charge is 2.09. The number of benzene rings is 1. The molecule has 0 spiro atoms. The zero-order chi connectivity index (χ0) is 15.4. The van der Waals surface area contributed by atoms with Crippen molar-refractivity contribution in [2.45, 2.75) is 6.54 Å². The predicted octanol–water partition coefficient (Wildman–Crippen LogP) is 0.967. The van der Waals surface area contributed by atoms with Crippen molar-refractivity contribution in [3.8, 4) is 0 Å². The minimum absolute atomic E-state index is 0.131. The summed E-state index contributed by atoms with van der Waals surface area (Å²) in [6.07, 6.45) is 1.59. The van der Waals surface area contributed by atoms with E-state index in [1.807, 2.05) is 0 Å². The van der Waals surface area contributed by atoms with E-state index in [9.17, 15) is 9.59 Å². The van der Waals surface area contributed by atoms with Crippen molar-refractivity contribution in [1.82, 2.24) is 14.9 Å². The van der Waals surface area contributed by atoms with E-state index in [2.05, 4.69) is 16.9 Å². The standard InChI is InChI=1S/C14H15N3O3S/c1-2-6-17-13(20)10-4-3-9(12(19)15-5-7-18)8-11(10)16-14(17)21/h2-4,8,18H,1,5-7H2,(H,15,19)(H,16,21). The van der Waals surface area contributed by atoms with Crippen LogP contribution in [0.15, 0.2) is 35.6 Å². The lowest BCUT2D eigenvalue weighted by molar-refractivity contribution is 0.0945. The van der Waals surface area contributed by atoms with Crippen LogP contribution in [0.2, 0.25) is 0 Å².